The number of cyclic esters (lactones) is 1. The van der Waals surface area contributed by atoms with Gasteiger partial charge in [0.2, 0.25) is 0 Å². The van der Waals surface area contributed by atoms with Crippen molar-refractivity contribution in [3.8, 4) is 0 Å². The molecule has 1 heterocycles. The van der Waals surface area contributed by atoms with Crippen LogP contribution in [0.3, 0.4) is 0 Å². The first kappa shape index (κ1) is 25.9. The van der Waals surface area contributed by atoms with E-state index in [-0.39, 0.29) is 17.0 Å². The van der Waals surface area contributed by atoms with E-state index in [1.807, 2.05) is 49.9 Å². The van der Waals surface area contributed by atoms with E-state index in [0.29, 0.717) is 18.7 Å². The zero-order valence-electron chi connectivity index (χ0n) is 22.3. The lowest BCUT2D eigenvalue weighted by atomic mass is 9.85. The molecule has 2 fully saturated rings. The number of anilines is 1. The van der Waals surface area contributed by atoms with Crippen LogP contribution in [-0.2, 0) is 26.8 Å². The lowest BCUT2D eigenvalue weighted by molar-refractivity contribution is 0.0436. The fourth-order valence-corrected chi connectivity index (χ4v) is 4.79. The number of carbonyl (C=O) groups excluding carboxylic acids is 2. The largest absolute Gasteiger partial charge is 0.444 e. The Bertz CT molecular complexity index is 1110. The number of amides is 2. The third-order valence-electron chi connectivity index (χ3n) is 6.93. The molecule has 1 aliphatic carbocycles. The number of rotatable bonds is 6. The van der Waals surface area contributed by atoms with Crippen LogP contribution in [0.15, 0.2) is 48.5 Å². The molecule has 2 aromatic carbocycles. The third-order valence-corrected chi connectivity index (χ3v) is 6.93. The minimum Gasteiger partial charge on any atom is -0.444 e. The van der Waals surface area contributed by atoms with E-state index in [9.17, 15) is 9.59 Å². The quantitative estimate of drug-likeness (QED) is 0.518. The molecule has 1 unspecified atom stereocenters. The standard InChI is InChI=1S/C29H39N3O4/c1-27(2,3)20-8-7-9-21(17-20)29(14-15-29)32-18-24(35-26(32)34)23(31-25(33)36-28(4,5)6)16-19-10-12-22(30)13-11-19/h7-13,17,23-24H,14-16,18,30H2,1-6H3,(H,31,33)/t23-,24?/m0/s1. The molecule has 7 heteroatoms. The summed E-state index contributed by atoms with van der Waals surface area (Å²) in [6, 6.07) is 15.6. The molecular formula is C29H39N3O4. The fraction of sp³-hybridized carbons (Fsp3) is 0.517. The third kappa shape index (κ3) is 5.77. The Morgan fingerprint density at radius 2 is 1.81 bits per heavy atom. The molecule has 2 atom stereocenters. The van der Waals surface area contributed by atoms with Crippen LogP contribution in [0, 0.1) is 0 Å². The fourth-order valence-electron chi connectivity index (χ4n) is 4.79. The predicted molar refractivity (Wildman–Crippen MR) is 141 cm³/mol. The number of nitrogen functional groups attached to an aromatic ring is 1. The van der Waals surface area contributed by atoms with Gasteiger partial charge in [0, 0.05) is 5.69 Å². The normalized spacial score (nSPS) is 20.0. The molecule has 1 saturated carbocycles. The number of nitrogens with one attached hydrogen (secondary N) is 1. The molecule has 36 heavy (non-hydrogen) atoms. The second-order valence-electron chi connectivity index (χ2n) is 12.1. The highest BCUT2D eigenvalue weighted by atomic mass is 16.6. The van der Waals surface area contributed by atoms with E-state index < -0.39 is 23.8 Å². The Morgan fingerprint density at radius 3 is 2.39 bits per heavy atom. The molecule has 0 aromatic heterocycles. The molecular weight excluding hydrogens is 454 g/mol. The number of nitrogens with zero attached hydrogens (tertiary/aromatic N) is 1. The van der Waals surface area contributed by atoms with E-state index in [4.69, 9.17) is 15.2 Å². The van der Waals surface area contributed by atoms with Crippen LogP contribution in [0.4, 0.5) is 15.3 Å². The van der Waals surface area contributed by atoms with Crippen LogP contribution in [0.5, 0.6) is 0 Å². The van der Waals surface area contributed by atoms with Gasteiger partial charge in [-0.25, -0.2) is 9.59 Å². The molecule has 2 aliphatic rings. The van der Waals surface area contributed by atoms with E-state index >= 15 is 0 Å². The van der Waals surface area contributed by atoms with E-state index in [1.54, 1.807) is 0 Å². The van der Waals surface area contributed by atoms with Gasteiger partial charge in [0.25, 0.3) is 0 Å². The molecule has 2 amide bonds. The lowest BCUT2D eigenvalue weighted by Crippen LogP contribution is -2.48. The van der Waals surface area contributed by atoms with Crippen molar-refractivity contribution < 1.29 is 19.1 Å². The molecule has 0 spiro atoms. The smallest absolute Gasteiger partial charge is 0.411 e. The highest BCUT2D eigenvalue weighted by molar-refractivity contribution is 5.73. The summed E-state index contributed by atoms with van der Waals surface area (Å²) >= 11 is 0. The van der Waals surface area contributed by atoms with Crippen molar-refractivity contribution in [3.63, 3.8) is 0 Å². The van der Waals surface area contributed by atoms with Crippen molar-refractivity contribution in [3.05, 3.63) is 65.2 Å². The summed E-state index contributed by atoms with van der Waals surface area (Å²) in [6.45, 7) is 12.4. The summed E-state index contributed by atoms with van der Waals surface area (Å²) in [5.74, 6) is 0. The van der Waals surface area contributed by atoms with Gasteiger partial charge in [0.05, 0.1) is 18.1 Å². The van der Waals surface area contributed by atoms with Gasteiger partial charge in [0.1, 0.15) is 11.7 Å². The van der Waals surface area contributed by atoms with Crippen molar-refractivity contribution in [2.45, 2.75) is 89.5 Å². The zero-order chi connectivity index (χ0) is 26.3. The van der Waals surface area contributed by atoms with Crippen LogP contribution >= 0.6 is 0 Å². The molecule has 2 aromatic rings. The average Bonchev–Trinajstić information content (AvgIpc) is 3.49. The Morgan fingerprint density at radius 1 is 1.14 bits per heavy atom. The average molecular weight is 494 g/mol. The second-order valence-corrected chi connectivity index (χ2v) is 12.1. The van der Waals surface area contributed by atoms with Crippen molar-refractivity contribution in [2.75, 3.05) is 12.3 Å². The van der Waals surface area contributed by atoms with E-state index in [0.717, 1.165) is 24.0 Å². The zero-order valence-corrected chi connectivity index (χ0v) is 22.3. The number of benzene rings is 2. The minimum absolute atomic E-state index is 0.0155. The Hall–Kier alpha value is -3.22. The first-order chi connectivity index (χ1) is 16.8. The van der Waals surface area contributed by atoms with Gasteiger partial charge < -0.3 is 20.5 Å². The van der Waals surface area contributed by atoms with Gasteiger partial charge in [-0.1, -0.05) is 57.2 Å². The summed E-state index contributed by atoms with van der Waals surface area (Å²) in [6.07, 6.45) is 0.890. The monoisotopic (exact) mass is 493 g/mol. The number of carbonyl (C=O) groups is 2. The molecule has 194 valence electrons. The maximum Gasteiger partial charge on any atom is 0.411 e. The molecule has 0 bridgehead atoms. The molecule has 1 aliphatic heterocycles. The maximum atomic E-state index is 13.2. The van der Waals surface area contributed by atoms with E-state index in [1.165, 1.54) is 5.56 Å². The van der Waals surface area contributed by atoms with Gasteiger partial charge in [-0.3, -0.25) is 4.90 Å². The predicted octanol–water partition coefficient (Wildman–Crippen LogP) is 5.51. The highest BCUT2D eigenvalue weighted by Gasteiger charge is 2.56. The van der Waals surface area contributed by atoms with E-state index in [2.05, 4.69) is 50.4 Å². The van der Waals surface area contributed by atoms with Gasteiger partial charge in [0.15, 0.2) is 0 Å². The lowest BCUT2D eigenvalue weighted by Gasteiger charge is -2.29. The van der Waals surface area contributed by atoms with Crippen molar-refractivity contribution in [2.24, 2.45) is 0 Å². The molecule has 1 saturated heterocycles. The Balaban J connectivity index is 1.56. The number of hydrogen-bond donors (Lipinski definition) is 2. The molecule has 3 N–H and O–H groups in total. The summed E-state index contributed by atoms with van der Waals surface area (Å²) in [4.78, 5) is 27.7. The van der Waals surface area contributed by atoms with Crippen molar-refractivity contribution >= 4 is 17.9 Å². The summed E-state index contributed by atoms with van der Waals surface area (Å²) in [5.41, 5.74) is 8.91. The summed E-state index contributed by atoms with van der Waals surface area (Å²) in [5, 5.41) is 2.96. The number of ether oxygens (including phenoxy) is 2. The highest BCUT2D eigenvalue weighted by Crippen LogP contribution is 2.53. The molecule has 4 rings (SSSR count). The maximum absolute atomic E-state index is 13.2. The first-order valence-electron chi connectivity index (χ1n) is 12.7. The first-order valence-corrected chi connectivity index (χ1v) is 12.7. The minimum atomic E-state index is -0.635. The molecule has 7 nitrogen and oxygen atoms in total. The summed E-state index contributed by atoms with van der Waals surface area (Å²) in [7, 11) is 0. The Labute approximate surface area is 214 Å². The van der Waals surface area contributed by atoms with Crippen molar-refractivity contribution in [1.82, 2.24) is 10.2 Å². The topological polar surface area (TPSA) is 93.9 Å². The second kappa shape index (κ2) is 9.34. The van der Waals surface area contributed by atoms with Gasteiger partial charge in [-0.2, -0.15) is 0 Å². The van der Waals surface area contributed by atoms with Crippen LogP contribution in [0.25, 0.3) is 0 Å². The van der Waals surface area contributed by atoms with Crippen molar-refractivity contribution in [1.29, 1.82) is 0 Å². The molecule has 0 radical (unpaired) electrons. The summed E-state index contributed by atoms with van der Waals surface area (Å²) < 4.78 is 11.4. The van der Waals surface area contributed by atoms with Crippen LogP contribution in [0.1, 0.15) is 71.1 Å². The van der Waals surface area contributed by atoms with Gasteiger partial charge in [-0.05, 0) is 74.3 Å². The van der Waals surface area contributed by atoms with Crippen LogP contribution in [0.2, 0.25) is 0 Å². The number of hydrogen-bond acceptors (Lipinski definition) is 5. The van der Waals surface area contributed by atoms with Crippen LogP contribution in [-0.4, -0.2) is 41.4 Å². The number of alkyl carbamates (subject to hydrolysis) is 1. The van der Waals surface area contributed by atoms with Gasteiger partial charge >= 0.3 is 12.2 Å². The van der Waals surface area contributed by atoms with Gasteiger partial charge in [-0.15, -0.1) is 0 Å². The SMILES string of the molecule is CC(C)(C)OC(=O)N[C@@H](Cc1ccc(N)cc1)C1CN(C2(c3cccc(C(C)(C)C)c3)CC2)C(=O)O1. The van der Waals surface area contributed by atoms with Crippen LogP contribution < -0.4 is 11.1 Å². The number of nitrogens with two attached hydrogens (primary N) is 1. The Kier molecular flexibility index (Phi) is 6.71.